The second-order valence-electron chi connectivity index (χ2n) is 9.18. The number of hydrogen-bond acceptors (Lipinski definition) is 6. The van der Waals surface area contributed by atoms with E-state index in [-0.39, 0.29) is 23.4 Å². The maximum Gasteiger partial charge on any atom is 0.472 e. The summed E-state index contributed by atoms with van der Waals surface area (Å²) in [5, 5.41) is 8.97. The van der Waals surface area contributed by atoms with Gasteiger partial charge in [-0.05, 0) is 49.0 Å². The van der Waals surface area contributed by atoms with Gasteiger partial charge in [-0.25, -0.2) is 14.7 Å². The van der Waals surface area contributed by atoms with Crippen LogP contribution < -0.4 is 9.80 Å². The quantitative estimate of drug-likeness (QED) is 0.470. The molecule has 1 fully saturated rings. The van der Waals surface area contributed by atoms with Crippen LogP contribution in [0.3, 0.4) is 0 Å². The van der Waals surface area contributed by atoms with E-state index in [2.05, 4.69) is 9.88 Å². The molecule has 3 heterocycles. The van der Waals surface area contributed by atoms with Crippen LogP contribution in [0.4, 0.5) is 34.5 Å². The van der Waals surface area contributed by atoms with Gasteiger partial charge in [0.2, 0.25) is 0 Å². The zero-order valence-electron chi connectivity index (χ0n) is 20.4. The maximum absolute atomic E-state index is 13.6. The number of anilines is 3. The number of likely N-dealkylation sites (N-methyl/N-ethyl adjacent to an activating group) is 1. The lowest BCUT2D eigenvalue weighted by atomic mass is 10.1. The van der Waals surface area contributed by atoms with Crippen molar-refractivity contribution in [1.29, 1.82) is 5.26 Å². The average molecular weight is 541 g/mol. The summed E-state index contributed by atoms with van der Waals surface area (Å²) in [6.45, 7) is 2.31. The number of thiazole rings is 1. The summed E-state index contributed by atoms with van der Waals surface area (Å²) < 4.78 is 40.9. The van der Waals surface area contributed by atoms with Crippen molar-refractivity contribution in [2.24, 2.45) is 0 Å². The first kappa shape index (κ1) is 25.7. The Balaban J connectivity index is 1.40. The van der Waals surface area contributed by atoms with Crippen molar-refractivity contribution in [3.8, 4) is 6.07 Å². The van der Waals surface area contributed by atoms with E-state index >= 15 is 0 Å². The number of hydrogen-bond donors (Lipinski definition) is 0. The number of nitrogens with zero attached hydrogens (tertiary/aromatic N) is 6. The Bertz CT molecular complexity index is 1420. The number of carbonyl (C=O) groups excluding carboxylic acids is 2. The maximum atomic E-state index is 13.6. The molecule has 38 heavy (non-hydrogen) atoms. The number of aromatic nitrogens is 1. The number of fused-ring (bicyclic) bond motifs is 1. The minimum atomic E-state index is -5.09. The van der Waals surface area contributed by atoms with Gasteiger partial charge in [0, 0.05) is 49.7 Å². The number of benzene rings is 2. The molecule has 2 aliphatic heterocycles. The highest BCUT2D eigenvalue weighted by atomic mass is 32.1. The van der Waals surface area contributed by atoms with Crippen LogP contribution in [-0.4, -0.2) is 59.6 Å². The number of rotatable bonds is 5. The monoisotopic (exact) mass is 540 g/mol. The molecule has 12 heteroatoms. The first-order chi connectivity index (χ1) is 18.1. The van der Waals surface area contributed by atoms with E-state index in [4.69, 9.17) is 5.26 Å². The third-order valence-electron chi connectivity index (χ3n) is 6.49. The number of nitriles is 1. The van der Waals surface area contributed by atoms with Crippen LogP contribution in [0, 0.1) is 11.3 Å². The Morgan fingerprint density at radius 3 is 2.63 bits per heavy atom. The van der Waals surface area contributed by atoms with Crippen LogP contribution in [-0.2, 0) is 24.3 Å². The molecule has 0 atom stereocenters. The first-order valence-corrected chi connectivity index (χ1v) is 12.7. The van der Waals surface area contributed by atoms with E-state index in [1.54, 1.807) is 46.2 Å². The third kappa shape index (κ3) is 5.07. The minimum absolute atomic E-state index is 0.0194. The Labute approximate surface area is 221 Å². The molecule has 8 nitrogen and oxygen atoms in total. The van der Waals surface area contributed by atoms with Crippen LogP contribution >= 0.6 is 11.3 Å². The number of urea groups is 1. The molecule has 3 aromatic rings. The molecule has 1 aromatic heterocycles. The highest BCUT2D eigenvalue weighted by molar-refractivity contribution is 7.16. The van der Waals surface area contributed by atoms with E-state index in [1.165, 1.54) is 12.1 Å². The van der Waals surface area contributed by atoms with Crippen LogP contribution in [0.15, 0.2) is 48.5 Å². The fourth-order valence-electron chi connectivity index (χ4n) is 4.55. The molecule has 3 amide bonds. The summed E-state index contributed by atoms with van der Waals surface area (Å²) in [7, 11) is 1.92. The van der Waals surface area contributed by atoms with Gasteiger partial charge >= 0.3 is 18.1 Å². The van der Waals surface area contributed by atoms with Crippen molar-refractivity contribution in [1.82, 2.24) is 14.8 Å². The van der Waals surface area contributed by atoms with Crippen molar-refractivity contribution in [3.63, 3.8) is 0 Å². The molecule has 0 saturated carbocycles. The zero-order chi connectivity index (χ0) is 27.0. The minimum Gasteiger partial charge on any atom is -0.318 e. The highest BCUT2D eigenvalue weighted by Gasteiger charge is 2.45. The number of alkyl halides is 3. The van der Waals surface area contributed by atoms with Gasteiger partial charge in [0.1, 0.15) is 0 Å². The summed E-state index contributed by atoms with van der Waals surface area (Å²) in [4.78, 5) is 36.7. The summed E-state index contributed by atoms with van der Waals surface area (Å²) in [6, 6.07) is 14.7. The van der Waals surface area contributed by atoms with Gasteiger partial charge in [0.05, 0.1) is 23.0 Å². The van der Waals surface area contributed by atoms with Crippen LogP contribution in [0.2, 0.25) is 0 Å². The molecule has 0 unspecified atom stereocenters. The van der Waals surface area contributed by atoms with Crippen molar-refractivity contribution in [3.05, 3.63) is 70.2 Å². The first-order valence-electron chi connectivity index (χ1n) is 11.9. The molecular formula is C26H23F3N6O2S. The third-order valence-corrected chi connectivity index (χ3v) is 7.56. The number of halogens is 3. The number of carbonyl (C=O) groups is 2. The van der Waals surface area contributed by atoms with Gasteiger partial charge in [-0.2, -0.15) is 18.4 Å². The molecule has 0 bridgehead atoms. The predicted molar refractivity (Wildman–Crippen MR) is 136 cm³/mol. The normalized spacial score (nSPS) is 15.9. The molecule has 0 aliphatic carbocycles. The van der Waals surface area contributed by atoms with Gasteiger partial charge in [-0.3, -0.25) is 9.69 Å². The van der Waals surface area contributed by atoms with Crippen molar-refractivity contribution >= 4 is 39.8 Å². The van der Waals surface area contributed by atoms with Crippen molar-refractivity contribution in [2.75, 3.05) is 36.5 Å². The molecule has 1 saturated heterocycles. The Morgan fingerprint density at radius 1 is 1.16 bits per heavy atom. The summed E-state index contributed by atoms with van der Waals surface area (Å²) in [6.07, 6.45) is -4.49. The second kappa shape index (κ2) is 10.1. The predicted octanol–water partition coefficient (Wildman–Crippen LogP) is 4.67. The van der Waals surface area contributed by atoms with Gasteiger partial charge in [-0.15, -0.1) is 0 Å². The van der Waals surface area contributed by atoms with Crippen LogP contribution in [0.5, 0.6) is 0 Å². The van der Waals surface area contributed by atoms with Crippen LogP contribution in [0.25, 0.3) is 0 Å². The van der Waals surface area contributed by atoms with Crippen LogP contribution in [0.1, 0.15) is 21.7 Å². The second-order valence-corrected chi connectivity index (χ2v) is 10.2. The zero-order valence-corrected chi connectivity index (χ0v) is 21.2. The summed E-state index contributed by atoms with van der Waals surface area (Å²) in [5.74, 6) is -2.02. The Hall–Kier alpha value is -3.95. The molecule has 0 N–H and O–H groups in total. The standard InChI is InChI=1S/C26H23F3N6O2S/c1-32-10-9-21-22(16-32)38-24(31-21)35(23(36)26(27,28)29)20-4-2-3-18(13-20)15-33-11-12-34(25(33)37)19-7-5-17(14-30)6-8-19/h2-8,13H,9-12,15-16H2,1H3. The van der Waals surface area contributed by atoms with E-state index in [1.807, 2.05) is 13.1 Å². The highest BCUT2D eigenvalue weighted by Crippen LogP contribution is 2.37. The SMILES string of the molecule is CN1CCc2nc(N(C(=O)C(F)(F)F)c3cccc(CN4CCN(c5ccc(C#N)cc5)C4=O)c3)sc2C1. The Morgan fingerprint density at radius 2 is 1.92 bits per heavy atom. The molecule has 2 aromatic carbocycles. The largest absolute Gasteiger partial charge is 0.472 e. The van der Waals surface area contributed by atoms with Gasteiger partial charge in [0.15, 0.2) is 5.13 Å². The molecule has 0 spiro atoms. The van der Waals surface area contributed by atoms with Gasteiger partial charge in [-0.1, -0.05) is 23.5 Å². The summed E-state index contributed by atoms with van der Waals surface area (Å²) in [5.41, 5.74) is 2.48. The van der Waals surface area contributed by atoms with Crippen molar-refractivity contribution in [2.45, 2.75) is 25.7 Å². The number of amides is 3. The topological polar surface area (TPSA) is 83.8 Å². The van der Waals surface area contributed by atoms with E-state index < -0.39 is 12.1 Å². The summed E-state index contributed by atoms with van der Waals surface area (Å²) >= 11 is 1.09. The lowest BCUT2D eigenvalue weighted by Gasteiger charge is -2.23. The van der Waals surface area contributed by atoms with Gasteiger partial charge in [0.25, 0.3) is 0 Å². The molecule has 5 rings (SSSR count). The molecule has 0 radical (unpaired) electrons. The lowest BCUT2D eigenvalue weighted by molar-refractivity contribution is -0.169. The Kier molecular flexibility index (Phi) is 6.81. The van der Waals surface area contributed by atoms with E-state index in [0.717, 1.165) is 22.8 Å². The molecule has 2 aliphatic rings. The van der Waals surface area contributed by atoms with E-state index in [9.17, 15) is 22.8 Å². The fraction of sp³-hybridized carbons (Fsp3) is 0.308. The van der Waals surface area contributed by atoms with E-state index in [0.29, 0.717) is 53.5 Å². The van der Waals surface area contributed by atoms with Gasteiger partial charge < -0.3 is 9.80 Å². The average Bonchev–Trinajstić information content (AvgIpc) is 3.46. The molecule has 196 valence electrons. The fourth-order valence-corrected chi connectivity index (χ4v) is 5.75. The molecular weight excluding hydrogens is 517 g/mol. The smallest absolute Gasteiger partial charge is 0.318 e. The lowest BCUT2D eigenvalue weighted by Crippen LogP contribution is -2.38. The van der Waals surface area contributed by atoms with Crippen molar-refractivity contribution < 1.29 is 22.8 Å².